The topological polar surface area (TPSA) is 60.7 Å². The smallest absolute Gasteiger partial charge is 0.166 e. The molecule has 7 heteroatoms. The molecule has 3 rings (SSSR count). The van der Waals surface area contributed by atoms with Crippen LogP contribution in [0.4, 0.5) is 4.39 Å². The van der Waals surface area contributed by atoms with Gasteiger partial charge in [-0.25, -0.2) is 9.97 Å². The Morgan fingerprint density at radius 3 is 2.77 bits per heavy atom. The lowest BCUT2D eigenvalue weighted by Gasteiger charge is -2.10. The quantitative estimate of drug-likeness (QED) is 0.532. The maximum atomic E-state index is 12.5. The first-order valence-corrected chi connectivity index (χ1v) is 9.37. The first kappa shape index (κ1) is 18.6. The molecule has 0 spiro atoms. The van der Waals surface area contributed by atoms with Crippen molar-refractivity contribution in [2.75, 3.05) is 6.67 Å². The molecule has 0 atom stereocenters. The minimum absolute atomic E-state index is 0.0881. The van der Waals surface area contributed by atoms with Gasteiger partial charge < -0.3 is 4.57 Å². The zero-order chi connectivity index (χ0) is 18.7. The molecule has 136 valence electrons. The average molecular weight is 419 g/mol. The predicted octanol–water partition coefficient (Wildman–Crippen LogP) is 4.44. The highest BCUT2D eigenvalue weighted by atomic mass is 79.9. The largest absolute Gasteiger partial charge is 0.339 e. The van der Waals surface area contributed by atoms with Crippen LogP contribution in [0.25, 0.3) is 11.0 Å². The second-order valence-electron chi connectivity index (χ2n) is 6.15. The third-order valence-electron chi connectivity index (χ3n) is 4.47. The summed E-state index contributed by atoms with van der Waals surface area (Å²) in [6, 6.07) is 1.94. The van der Waals surface area contributed by atoms with Crippen LogP contribution in [0.5, 0.6) is 0 Å². The molecular weight excluding hydrogens is 399 g/mol. The van der Waals surface area contributed by atoms with Crippen LogP contribution in [0.3, 0.4) is 0 Å². The Morgan fingerprint density at radius 2 is 2.04 bits per heavy atom. The average Bonchev–Trinajstić information content (AvgIpc) is 2.99. The summed E-state index contributed by atoms with van der Waals surface area (Å²) < 4.78 is 15.3. The molecule has 3 aromatic heterocycles. The predicted molar refractivity (Wildman–Crippen MR) is 102 cm³/mol. The lowest BCUT2D eigenvalue weighted by atomic mass is 10.1. The molecule has 0 saturated heterocycles. The Bertz CT molecular complexity index is 954. The molecule has 3 heterocycles. The molecule has 0 aromatic carbocycles. The third-order valence-corrected chi connectivity index (χ3v) is 4.90. The maximum absolute atomic E-state index is 12.5. The van der Waals surface area contributed by atoms with Crippen molar-refractivity contribution in [3.05, 3.63) is 51.8 Å². The Morgan fingerprint density at radius 1 is 1.27 bits per heavy atom. The van der Waals surface area contributed by atoms with Crippen LogP contribution in [0.15, 0.2) is 29.3 Å². The van der Waals surface area contributed by atoms with Crippen LogP contribution < -0.4 is 0 Å². The number of hydrogen-bond donors (Lipinski definition) is 0. The Balaban J connectivity index is 2.06. The van der Waals surface area contributed by atoms with Gasteiger partial charge in [0.1, 0.15) is 6.33 Å². The highest BCUT2D eigenvalue weighted by Gasteiger charge is 2.18. The minimum atomic E-state index is -0.497. The van der Waals surface area contributed by atoms with E-state index in [-0.39, 0.29) is 18.6 Å². The number of hydrogen-bond acceptors (Lipinski definition) is 4. The van der Waals surface area contributed by atoms with Gasteiger partial charge in [-0.3, -0.25) is 14.2 Å². The van der Waals surface area contributed by atoms with Crippen molar-refractivity contribution in [1.29, 1.82) is 0 Å². The maximum Gasteiger partial charge on any atom is 0.166 e. The third kappa shape index (κ3) is 3.67. The van der Waals surface area contributed by atoms with Gasteiger partial charge in [-0.05, 0) is 47.3 Å². The summed E-state index contributed by atoms with van der Waals surface area (Å²) in [5.74, 6) is -0.0881. The summed E-state index contributed by atoms with van der Waals surface area (Å²) in [5, 5.41) is 0. The van der Waals surface area contributed by atoms with Crippen LogP contribution in [0.2, 0.25) is 0 Å². The standard InChI is InChI=1S/C19H20BrFN4O/c1-3-15-12(2)16(24-11-23-15)10-25-9-14(18(26)5-4-6-21)19-17(25)7-13(20)8-22-19/h7-9,11H,3-6,10H2,1-2H3. The van der Waals surface area contributed by atoms with Crippen molar-refractivity contribution < 1.29 is 9.18 Å². The molecule has 0 radical (unpaired) electrons. The number of aryl methyl sites for hydroxylation is 1. The van der Waals surface area contributed by atoms with E-state index in [2.05, 4.69) is 37.8 Å². The monoisotopic (exact) mass is 418 g/mol. The molecule has 0 amide bonds. The summed E-state index contributed by atoms with van der Waals surface area (Å²) in [4.78, 5) is 25.6. The van der Waals surface area contributed by atoms with Crippen molar-refractivity contribution in [1.82, 2.24) is 19.5 Å². The summed E-state index contributed by atoms with van der Waals surface area (Å²) in [6.07, 6.45) is 6.30. The molecule has 0 aliphatic heterocycles. The zero-order valence-corrected chi connectivity index (χ0v) is 16.4. The van der Waals surface area contributed by atoms with Crippen molar-refractivity contribution in [3.63, 3.8) is 0 Å². The number of pyridine rings is 1. The highest BCUT2D eigenvalue weighted by Crippen LogP contribution is 2.25. The van der Waals surface area contributed by atoms with Crippen molar-refractivity contribution >= 4 is 32.7 Å². The molecule has 0 bridgehead atoms. The zero-order valence-electron chi connectivity index (χ0n) is 14.8. The molecule has 0 unspecified atom stereocenters. The Hall–Kier alpha value is -2.15. The summed E-state index contributed by atoms with van der Waals surface area (Å²) in [6.45, 7) is 4.10. The number of ketones is 1. The van der Waals surface area contributed by atoms with Gasteiger partial charge in [0.2, 0.25) is 0 Å². The van der Waals surface area contributed by atoms with Gasteiger partial charge >= 0.3 is 0 Å². The number of halogens is 2. The van der Waals surface area contributed by atoms with Gasteiger partial charge in [-0.2, -0.15) is 0 Å². The molecule has 0 saturated carbocycles. The van der Waals surface area contributed by atoms with Crippen LogP contribution in [-0.4, -0.2) is 32.0 Å². The van der Waals surface area contributed by atoms with E-state index in [0.29, 0.717) is 17.6 Å². The lowest BCUT2D eigenvalue weighted by Crippen LogP contribution is -2.06. The Labute approximate surface area is 159 Å². The normalized spacial score (nSPS) is 11.2. The fraction of sp³-hybridized carbons (Fsp3) is 0.368. The number of fused-ring (bicyclic) bond motifs is 1. The number of rotatable bonds is 7. The van der Waals surface area contributed by atoms with E-state index in [9.17, 15) is 9.18 Å². The number of aromatic nitrogens is 4. The van der Waals surface area contributed by atoms with Crippen LogP contribution in [-0.2, 0) is 13.0 Å². The summed E-state index contributed by atoms with van der Waals surface area (Å²) in [7, 11) is 0. The second kappa shape index (κ2) is 8.03. The molecule has 0 aliphatic carbocycles. The van der Waals surface area contributed by atoms with E-state index in [0.717, 1.165) is 33.4 Å². The van der Waals surface area contributed by atoms with E-state index in [1.807, 2.05) is 17.6 Å². The van der Waals surface area contributed by atoms with Crippen molar-refractivity contribution in [3.8, 4) is 0 Å². The molecule has 5 nitrogen and oxygen atoms in total. The SMILES string of the molecule is CCc1ncnc(Cn2cc(C(=O)CCCF)c3ncc(Br)cc32)c1C. The van der Waals surface area contributed by atoms with E-state index in [4.69, 9.17) is 0 Å². The van der Waals surface area contributed by atoms with Gasteiger partial charge in [0, 0.05) is 29.0 Å². The summed E-state index contributed by atoms with van der Waals surface area (Å²) in [5.41, 5.74) is 5.01. The molecule has 0 N–H and O–H groups in total. The van der Waals surface area contributed by atoms with E-state index < -0.39 is 6.67 Å². The first-order valence-electron chi connectivity index (χ1n) is 8.58. The first-order chi connectivity index (χ1) is 12.5. The number of nitrogens with zero attached hydrogens (tertiary/aromatic N) is 4. The molecule has 3 aromatic rings. The van der Waals surface area contributed by atoms with Crippen molar-refractivity contribution in [2.24, 2.45) is 0 Å². The van der Waals surface area contributed by atoms with E-state index >= 15 is 0 Å². The molecule has 26 heavy (non-hydrogen) atoms. The number of alkyl halides is 1. The lowest BCUT2D eigenvalue weighted by molar-refractivity contribution is 0.0978. The van der Waals surface area contributed by atoms with Crippen LogP contribution in [0.1, 0.15) is 47.1 Å². The summed E-state index contributed by atoms with van der Waals surface area (Å²) >= 11 is 3.44. The van der Waals surface area contributed by atoms with E-state index in [1.54, 1.807) is 18.7 Å². The van der Waals surface area contributed by atoms with Gasteiger partial charge in [-0.15, -0.1) is 0 Å². The number of carbonyl (C=O) groups excluding carboxylic acids is 1. The van der Waals surface area contributed by atoms with Crippen molar-refractivity contribution in [2.45, 2.75) is 39.7 Å². The van der Waals surface area contributed by atoms with E-state index in [1.165, 1.54) is 0 Å². The van der Waals surface area contributed by atoms with Gasteiger partial charge in [0.15, 0.2) is 5.78 Å². The number of Topliss-reactive ketones (excluding diaryl/α,β-unsaturated/α-hetero) is 1. The molecule has 0 fully saturated rings. The highest BCUT2D eigenvalue weighted by molar-refractivity contribution is 9.10. The minimum Gasteiger partial charge on any atom is -0.339 e. The fourth-order valence-corrected chi connectivity index (χ4v) is 3.36. The fourth-order valence-electron chi connectivity index (χ4n) is 3.04. The number of carbonyl (C=O) groups is 1. The second-order valence-corrected chi connectivity index (χ2v) is 7.07. The van der Waals surface area contributed by atoms with Crippen LogP contribution in [0, 0.1) is 6.92 Å². The van der Waals surface area contributed by atoms with Crippen LogP contribution >= 0.6 is 15.9 Å². The van der Waals surface area contributed by atoms with Gasteiger partial charge in [-0.1, -0.05) is 6.92 Å². The molecule has 0 aliphatic rings. The molecular formula is C19H20BrFN4O. The van der Waals surface area contributed by atoms with Gasteiger partial charge in [0.25, 0.3) is 0 Å². The Kier molecular flexibility index (Phi) is 5.76. The van der Waals surface area contributed by atoms with Gasteiger partial charge in [0.05, 0.1) is 35.5 Å².